The van der Waals surface area contributed by atoms with Gasteiger partial charge < -0.3 is 19.8 Å². The van der Waals surface area contributed by atoms with Gasteiger partial charge in [0, 0.05) is 46.4 Å². The number of carboxylic acids is 1. The van der Waals surface area contributed by atoms with Crippen LogP contribution < -0.4 is 10.4 Å². The number of rotatable bonds is 6. The SMILES string of the molecule is CCn1c2ccccc2c2cc(NC(=O)CC(C)(C)CC(=O)[O-])ccc21. The number of hydrogen-bond acceptors (Lipinski definition) is 3. The first-order valence-electron chi connectivity index (χ1n) is 8.81. The van der Waals surface area contributed by atoms with Gasteiger partial charge >= 0.3 is 0 Å². The molecule has 3 rings (SSSR count). The fourth-order valence-corrected chi connectivity index (χ4v) is 3.57. The molecule has 0 fully saturated rings. The lowest BCUT2D eigenvalue weighted by molar-refractivity contribution is -0.307. The van der Waals surface area contributed by atoms with Crippen LogP contribution in [0.5, 0.6) is 0 Å². The van der Waals surface area contributed by atoms with Crippen LogP contribution in [-0.4, -0.2) is 16.4 Å². The van der Waals surface area contributed by atoms with Crippen LogP contribution in [-0.2, 0) is 16.1 Å². The van der Waals surface area contributed by atoms with E-state index in [1.807, 2.05) is 30.3 Å². The van der Waals surface area contributed by atoms with Crippen molar-refractivity contribution in [3.63, 3.8) is 0 Å². The van der Waals surface area contributed by atoms with Gasteiger partial charge in [-0.15, -0.1) is 0 Å². The predicted molar refractivity (Wildman–Crippen MR) is 102 cm³/mol. The highest BCUT2D eigenvalue weighted by Gasteiger charge is 2.22. The average molecular weight is 351 g/mol. The smallest absolute Gasteiger partial charge is 0.224 e. The molecular formula is C21H23N2O3-. The van der Waals surface area contributed by atoms with E-state index in [-0.39, 0.29) is 18.7 Å². The molecule has 0 unspecified atom stereocenters. The molecule has 136 valence electrons. The van der Waals surface area contributed by atoms with Gasteiger partial charge in [-0.2, -0.15) is 0 Å². The van der Waals surface area contributed by atoms with Crippen LogP contribution in [0.4, 0.5) is 5.69 Å². The third-order valence-corrected chi connectivity index (χ3v) is 4.63. The van der Waals surface area contributed by atoms with Crippen LogP contribution >= 0.6 is 0 Å². The predicted octanol–water partition coefficient (Wildman–Crippen LogP) is 3.31. The lowest BCUT2D eigenvalue weighted by Gasteiger charge is -2.24. The fraction of sp³-hybridized carbons (Fsp3) is 0.333. The van der Waals surface area contributed by atoms with E-state index in [0.717, 1.165) is 22.8 Å². The lowest BCUT2D eigenvalue weighted by Crippen LogP contribution is -2.31. The quantitative estimate of drug-likeness (QED) is 0.740. The van der Waals surface area contributed by atoms with Gasteiger partial charge in [-0.25, -0.2) is 0 Å². The van der Waals surface area contributed by atoms with Gasteiger partial charge in [0.1, 0.15) is 0 Å². The second-order valence-electron chi connectivity index (χ2n) is 7.43. The summed E-state index contributed by atoms with van der Waals surface area (Å²) in [7, 11) is 0. The summed E-state index contributed by atoms with van der Waals surface area (Å²) < 4.78 is 2.25. The minimum absolute atomic E-state index is 0.121. The van der Waals surface area contributed by atoms with Crippen molar-refractivity contribution < 1.29 is 14.7 Å². The second-order valence-corrected chi connectivity index (χ2v) is 7.43. The van der Waals surface area contributed by atoms with Crippen molar-refractivity contribution in [2.45, 2.75) is 40.2 Å². The molecule has 0 aliphatic carbocycles. The first-order chi connectivity index (χ1) is 12.3. The number of aliphatic carboxylic acids is 1. The summed E-state index contributed by atoms with van der Waals surface area (Å²) in [6.45, 7) is 6.48. The molecule has 0 saturated carbocycles. The number of carbonyl (C=O) groups is 2. The molecule has 0 radical (unpaired) electrons. The van der Waals surface area contributed by atoms with Crippen LogP contribution in [0.25, 0.3) is 21.8 Å². The minimum atomic E-state index is -1.14. The molecule has 0 spiro atoms. The van der Waals surface area contributed by atoms with Crippen molar-refractivity contribution in [2.24, 2.45) is 5.41 Å². The van der Waals surface area contributed by atoms with Gasteiger partial charge in [0.2, 0.25) is 5.91 Å². The molecule has 0 aliphatic heterocycles. The van der Waals surface area contributed by atoms with Crippen molar-refractivity contribution in [2.75, 3.05) is 5.32 Å². The number of nitrogens with one attached hydrogen (secondary N) is 1. The highest BCUT2D eigenvalue weighted by molar-refractivity contribution is 6.09. The molecule has 1 aromatic heterocycles. The number of benzene rings is 2. The van der Waals surface area contributed by atoms with Gasteiger partial charge in [0.25, 0.3) is 0 Å². The molecule has 1 amide bonds. The highest BCUT2D eigenvalue weighted by atomic mass is 16.4. The second kappa shape index (κ2) is 6.83. The maximum Gasteiger partial charge on any atom is 0.224 e. The van der Waals surface area contributed by atoms with Gasteiger partial charge in [-0.05, 0) is 43.0 Å². The Morgan fingerprint density at radius 1 is 1.04 bits per heavy atom. The molecule has 0 saturated heterocycles. The number of hydrogen-bond donors (Lipinski definition) is 1. The number of anilines is 1. The van der Waals surface area contributed by atoms with Crippen molar-refractivity contribution in [3.05, 3.63) is 42.5 Å². The Bertz CT molecular complexity index is 985. The summed E-state index contributed by atoms with van der Waals surface area (Å²) in [5.74, 6) is -1.34. The highest BCUT2D eigenvalue weighted by Crippen LogP contribution is 2.31. The zero-order chi connectivity index (χ0) is 18.9. The summed E-state index contributed by atoms with van der Waals surface area (Å²) >= 11 is 0. The Hall–Kier alpha value is -2.82. The number of amides is 1. The maximum atomic E-state index is 12.3. The van der Waals surface area contributed by atoms with Crippen molar-refractivity contribution in [3.8, 4) is 0 Å². The lowest BCUT2D eigenvalue weighted by atomic mass is 9.85. The average Bonchev–Trinajstić information content (AvgIpc) is 2.86. The van der Waals surface area contributed by atoms with Crippen LogP contribution in [0.1, 0.15) is 33.6 Å². The fourth-order valence-electron chi connectivity index (χ4n) is 3.57. The molecule has 0 bridgehead atoms. The summed E-state index contributed by atoms with van der Waals surface area (Å²) in [6, 6.07) is 14.1. The topological polar surface area (TPSA) is 74.2 Å². The van der Waals surface area contributed by atoms with Crippen molar-refractivity contribution >= 4 is 39.4 Å². The Kier molecular flexibility index (Phi) is 4.72. The van der Waals surface area contributed by atoms with Gasteiger partial charge in [0.05, 0.1) is 0 Å². The van der Waals surface area contributed by atoms with E-state index >= 15 is 0 Å². The van der Waals surface area contributed by atoms with Crippen molar-refractivity contribution in [1.29, 1.82) is 0 Å². The summed E-state index contributed by atoms with van der Waals surface area (Å²) in [6.07, 6.45) is -0.0286. The first-order valence-corrected chi connectivity index (χ1v) is 8.81. The first kappa shape index (κ1) is 18.0. The van der Waals surface area contributed by atoms with Crippen molar-refractivity contribution in [1.82, 2.24) is 4.57 Å². The molecule has 3 aromatic rings. The zero-order valence-corrected chi connectivity index (χ0v) is 15.3. The molecule has 0 aliphatic rings. The number of aryl methyl sites for hydroxylation is 1. The largest absolute Gasteiger partial charge is 0.550 e. The number of aromatic nitrogens is 1. The standard InChI is InChI=1S/C21H24N2O3/c1-4-23-17-8-6-5-7-15(17)16-11-14(9-10-18(16)23)22-19(24)12-21(2,3)13-20(25)26/h5-11H,4,12-13H2,1-3H3,(H,22,24)(H,25,26)/p-1. The van der Waals surface area contributed by atoms with Gasteiger partial charge in [-0.3, -0.25) is 4.79 Å². The minimum Gasteiger partial charge on any atom is -0.550 e. The van der Waals surface area contributed by atoms with E-state index in [9.17, 15) is 14.7 Å². The summed E-state index contributed by atoms with van der Waals surface area (Å²) in [5, 5.41) is 15.9. The number of carboxylic acid groups (broad SMARTS) is 1. The van der Waals surface area contributed by atoms with E-state index in [0.29, 0.717) is 5.69 Å². The van der Waals surface area contributed by atoms with Crippen LogP contribution in [0.15, 0.2) is 42.5 Å². The molecule has 2 aromatic carbocycles. The molecule has 26 heavy (non-hydrogen) atoms. The van der Waals surface area contributed by atoms with Crippen LogP contribution in [0, 0.1) is 5.41 Å². The molecule has 5 heteroatoms. The summed E-state index contributed by atoms with van der Waals surface area (Å²) in [5.41, 5.74) is 2.36. The number of carbonyl (C=O) groups excluding carboxylic acids is 2. The van der Waals surface area contributed by atoms with E-state index < -0.39 is 11.4 Å². The van der Waals surface area contributed by atoms with Gasteiger partial charge in [-0.1, -0.05) is 32.0 Å². The third-order valence-electron chi connectivity index (χ3n) is 4.63. The molecular weight excluding hydrogens is 328 g/mol. The van der Waals surface area contributed by atoms with E-state index in [1.165, 1.54) is 5.52 Å². The molecule has 1 N–H and O–H groups in total. The zero-order valence-electron chi connectivity index (χ0n) is 15.3. The van der Waals surface area contributed by atoms with E-state index in [2.05, 4.69) is 28.9 Å². The number of para-hydroxylation sites is 1. The summed E-state index contributed by atoms with van der Waals surface area (Å²) in [4.78, 5) is 23.2. The molecule has 5 nitrogen and oxygen atoms in total. The van der Waals surface area contributed by atoms with Crippen LogP contribution in [0.2, 0.25) is 0 Å². The van der Waals surface area contributed by atoms with E-state index in [4.69, 9.17) is 0 Å². The Balaban J connectivity index is 1.89. The Labute approximate surface area is 152 Å². The van der Waals surface area contributed by atoms with Gasteiger partial charge in [0.15, 0.2) is 0 Å². The van der Waals surface area contributed by atoms with E-state index in [1.54, 1.807) is 13.8 Å². The Morgan fingerprint density at radius 2 is 1.73 bits per heavy atom. The third kappa shape index (κ3) is 3.57. The number of fused-ring (bicyclic) bond motifs is 3. The number of nitrogens with zero attached hydrogens (tertiary/aromatic N) is 1. The monoisotopic (exact) mass is 351 g/mol. The normalized spacial score (nSPS) is 11.8. The molecule has 0 atom stereocenters. The Morgan fingerprint density at radius 3 is 2.42 bits per heavy atom. The van der Waals surface area contributed by atoms with Crippen LogP contribution in [0.3, 0.4) is 0 Å². The maximum absolute atomic E-state index is 12.3. The molecule has 1 heterocycles.